The Morgan fingerprint density at radius 2 is 2.13 bits per heavy atom. The van der Waals surface area contributed by atoms with E-state index in [1.165, 1.54) is 38.2 Å². The molecule has 0 radical (unpaired) electrons. The summed E-state index contributed by atoms with van der Waals surface area (Å²) >= 11 is 0. The maximum Gasteiger partial charge on any atom is 0.247 e. The number of carbonyl (C=O) groups excluding carboxylic acids is 1. The van der Waals surface area contributed by atoms with Crippen LogP contribution in [-0.2, 0) is 4.79 Å². The zero-order valence-corrected chi connectivity index (χ0v) is 13.3. The summed E-state index contributed by atoms with van der Waals surface area (Å²) < 4.78 is 6.05. The Kier molecular flexibility index (Phi) is 4.91. The van der Waals surface area contributed by atoms with Crippen molar-refractivity contribution >= 4 is 22.5 Å². The summed E-state index contributed by atoms with van der Waals surface area (Å²) in [5.41, 5.74) is 1.51. The molecule has 3 rings (SSSR count). The SMILES string of the molecule is C=CC(=O)Nc1ccc(OCC2CCCCC2)c2ncccc12. The quantitative estimate of drug-likeness (QED) is 0.837. The van der Waals surface area contributed by atoms with Crippen LogP contribution in [0.2, 0.25) is 0 Å². The van der Waals surface area contributed by atoms with E-state index in [1.807, 2.05) is 24.3 Å². The zero-order chi connectivity index (χ0) is 16.1. The lowest BCUT2D eigenvalue weighted by Gasteiger charge is -2.22. The number of benzene rings is 1. The second-order valence-electron chi connectivity index (χ2n) is 6.02. The van der Waals surface area contributed by atoms with Gasteiger partial charge in [0.25, 0.3) is 0 Å². The molecule has 1 aliphatic carbocycles. The standard InChI is InChI=1S/C19H22N2O2/c1-2-18(22)21-16-10-11-17(19-15(16)9-6-12-20-19)23-13-14-7-4-3-5-8-14/h2,6,9-12,14H,1,3-5,7-8,13H2,(H,21,22). The van der Waals surface area contributed by atoms with Gasteiger partial charge in [0.2, 0.25) is 5.91 Å². The van der Waals surface area contributed by atoms with Crippen molar-refractivity contribution in [3.8, 4) is 5.75 Å². The fraction of sp³-hybridized carbons (Fsp3) is 0.368. The summed E-state index contributed by atoms with van der Waals surface area (Å²) in [7, 11) is 0. The minimum Gasteiger partial charge on any atom is -0.491 e. The molecule has 1 fully saturated rings. The van der Waals surface area contributed by atoms with Crippen LogP contribution in [0.1, 0.15) is 32.1 Å². The molecule has 120 valence electrons. The summed E-state index contributed by atoms with van der Waals surface area (Å²) in [6.45, 7) is 4.22. The minimum atomic E-state index is -0.231. The molecule has 1 aliphatic rings. The van der Waals surface area contributed by atoms with E-state index in [4.69, 9.17) is 4.74 Å². The molecule has 2 aromatic rings. The van der Waals surface area contributed by atoms with Gasteiger partial charge in [-0.1, -0.05) is 25.8 Å². The van der Waals surface area contributed by atoms with Gasteiger partial charge in [-0.3, -0.25) is 9.78 Å². The molecule has 1 amide bonds. The number of anilines is 1. The van der Waals surface area contributed by atoms with Crippen LogP contribution in [0.25, 0.3) is 10.9 Å². The normalized spacial score (nSPS) is 15.3. The number of pyridine rings is 1. The highest BCUT2D eigenvalue weighted by atomic mass is 16.5. The summed E-state index contributed by atoms with van der Waals surface area (Å²) in [5.74, 6) is 1.19. The number of ether oxygens (including phenoxy) is 1. The molecule has 0 spiro atoms. The van der Waals surface area contributed by atoms with Crippen molar-refractivity contribution in [1.29, 1.82) is 0 Å². The largest absolute Gasteiger partial charge is 0.491 e. The predicted molar refractivity (Wildman–Crippen MR) is 92.6 cm³/mol. The number of carbonyl (C=O) groups is 1. The van der Waals surface area contributed by atoms with E-state index < -0.39 is 0 Å². The van der Waals surface area contributed by atoms with Gasteiger partial charge in [-0.05, 0) is 49.1 Å². The molecule has 0 atom stereocenters. The maximum absolute atomic E-state index is 11.6. The molecular formula is C19H22N2O2. The number of rotatable bonds is 5. The van der Waals surface area contributed by atoms with E-state index in [2.05, 4.69) is 16.9 Å². The number of nitrogens with one attached hydrogen (secondary N) is 1. The molecule has 1 aromatic carbocycles. The van der Waals surface area contributed by atoms with Crippen LogP contribution in [0.5, 0.6) is 5.75 Å². The Labute approximate surface area is 136 Å². The summed E-state index contributed by atoms with van der Waals surface area (Å²) in [4.78, 5) is 16.0. The molecule has 4 heteroatoms. The van der Waals surface area contributed by atoms with Gasteiger partial charge < -0.3 is 10.1 Å². The van der Waals surface area contributed by atoms with Crippen molar-refractivity contribution in [3.63, 3.8) is 0 Å². The van der Waals surface area contributed by atoms with Crippen LogP contribution in [0.3, 0.4) is 0 Å². The van der Waals surface area contributed by atoms with Crippen molar-refractivity contribution in [2.24, 2.45) is 5.92 Å². The Balaban J connectivity index is 1.82. The van der Waals surface area contributed by atoms with Crippen molar-refractivity contribution in [1.82, 2.24) is 4.98 Å². The van der Waals surface area contributed by atoms with Gasteiger partial charge in [-0.2, -0.15) is 0 Å². The number of fused-ring (bicyclic) bond motifs is 1. The molecule has 1 aromatic heterocycles. The van der Waals surface area contributed by atoms with Crippen LogP contribution in [0, 0.1) is 5.92 Å². The van der Waals surface area contributed by atoms with E-state index in [0.29, 0.717) is 5.92 Å². The predicted octanol–water partition coefficient (Wildman–Crippen LogP) is 4.32. The molecule has 4 nitrogen and oxygen atoms in total. The molecule has 0 aliphatic heterocycles. The lowest BCUT2D eigenvalue weighted by atomic mass is 9.90. The molecule has 0 saturated heterocycles. The van der Waals surface area contributed by atoms with Gasteiger partial charge in [0.05, 0.1) is 12.3 Å². The average Bonchev–Trinajstić information content (AvgIpc) is 2.62. The third-order valence-electron chi connectivity index (χ3n) is 4.38. The summed E-state index contributed by atoms with van der Waals surface area (Å²) in [6.07, 6.45) is 9.46. The van der Waals surface area contributed by atoms with Crippen molar-refractivity contribution in [2.45, 2.75) is 32.1 Å². The van der Waals surface area contributed by atoms with Crippen molar-refractivity contribution < 1.29 is 9.53 Å². The number of hydrogen-bond acceptors (Lipinski definition) is 3. The number of nitrogens with zero attached hydrogens (tertiary/aromatic N) is 1. The van der Waals surface area contributed by atoms with Crippen LogP contribution >= 0.6 is 0 Å². The van der Waals surface area contributed by atoms with E-state index in [1.54, 1.807) is 6.20 Å². The first kappa shape index (κ1) is 15.5. The molecule has 1 N–H and O–H groups in total. The summed E-state index contributed by atoms with van der Waals surface area (Å²) in [5, 5.41) is 3.69. The van der Waals surface area contributed by atoms with Gasteiger partial charge in [-0.25, -0.2) is 0 Å². The lowest BCUT2D eigenvalue weighted by molar-refractivity contribution is -0.111. The van der Waals surface area contributed by atoms with Crippen LogP contribution < -0.4 is 10.1 Å². The molecule has 0 bridgehead atoms. The van der Waals surface area contributed by atoms with Crippen LogP contribution in [0.15, 0.2) is 43.1 Å². The highest BCUT2D eigenvalue weighted by Gasteiger charge is 2.15. The zero-order valence-electron chi connectivity index (χ0n) is 13.3. The van der Waals surface area contributed by atoms with E-state index in [0.717, 1.165) is 28.9 Å². The first-order chi connectivity index (χ1) is 11.3. The highest BCUT2D eigenvalue weighted by Crippen LogP contribution is 2.31. The van der Waals surface area contributed by atoms with Crippen molar-refractivity contribution in [2.75, 3.05) is 11.9 Å². The maximum atomic E-state index is 11.6. The minimum absolute atomic E-state index is 0.231. The Hall–Kier alpha value is -2.36. The van der Waals surface area contributed by atoms with Gasteiger partial charge in [0, 0.05) is 11.6 Å². The van der Waals surface area contributed by atoms with Crippen LogP contribution in [-0.4, -0.2) is 17.5 Å². The van der Waals surface area contributed by atoms with E-state index >= 15 is 0 Å². The van der Waals surface area contributed by atoms with Gasteiger partial charge in [0.15, 0.2) is 0 Å². The second-order valence-corrected chi connectivity index (χ2v) is 6.02. The van der Waals surface area contributed by atoms with E-state index in [-0.39, 0.29) is 5.91 Å². The lowest BCUT2D eigenvalue weighted by Crippen LogP contribution is -2.15. The average molecular weight is 310 g/mol. The Bertz CT molecular complexity index is 706. The monoisotopic (exact) mass is 310 g/mol. The fourth-order valence-electron chi connectivity index (χ4n) is 3.12. The van der Waals surface area contributed by atoms with Gasteiger partial charge in [0.1, 0.15) is 11.3 Å². The van der Waals surface area contributed by atoms with Crippen LogP contribution in [0.4, 0.5) is 5.69 Å². The number of hydrogen-bond donors (Lipinski definition) is 1. The third-order valence-corrected chi connectivity index (χ3v) is 4.38. The van der Waals surface area contributed by atoms with Crippen molar-refractivity contribution in [3.05, 3.63) is 43.1 Å². The molecule has 1 heterocycles. The Morgan fingerprint density at radius 3 is 2.91 bits per heavy atom. The second kappa shape index (κ2) is 7.27. The van der Waals surface area contributed by atoms with Gasteiger partial charge >= 0.3 is 0 Å². The smallest absolute Gasteiger partial charge is 0.247 e. The molecular weight excluding hydrogens is 288 g/mol. The molecule has 23 heavy (non-hydrogen) atoms. The fourth-order valence-corrected chi connectivity index (χ4v) is 3.12. The topological polar surface area (TPSA) is 51.2 Å². The molecule has 0 unspecified atom stereocenters. The number of aromatic nitrogens is 1. The number of amides is 1. The third kappa shape index (κ3) is 3.70. The Morgan fingerprint density at radius 1 is 1.30 bits per heavy atom. The first-order valence-electron chi connectivity index (χ1n) is 8.22. The van der Waals surface area contributed by atoms with Gasteiger partial charge in [-0.15, -0.1) is 0 Å². The first-order valence-corrected chi connectivity index (χ1v) is 8.22. The van der Waals surface area contributed by atoms with E-state index in [9.17, 15) is 4.79 Å². The summed E-state index contributed by atoms with van der Waals surface area (Å²) in [6, 6.07) is 7.55. The molecule has 1 saturated carbocycles. The highest BCUT2D eigenvalue weighted by molar-refractivity contribution is 6.06.